The largest absolute Gasteiger partial charge is 0.375 e. The van der Waals surface area contributed by atoms with Gasteiger partial charge < -0.3 is 10.1 Å². The van der Waals surface area contributed by atoms with Crippen molar-refractivity contribution in [1.82, 2.24) is 5.32 Å². The van der Waals surface area contributed by atoms with Gasteiger partial charge in [0, 0.05) is 18.1 Å². The van der Waals surface area contributed by atoms with E-state index in [9.17, 15) is 4.79 Å². The van der Waals surface area contributed by atoms with E-state index in [2.05, 4.69) is 11.4 Å². The molecule has 1 spiro atoms. The highest BCUT2D eigenvalue weighted by atomic mass is 16.5. The van der Waals surface area contributed by atoms with E-state index >= 15 is 0 Å². The predicted octanol–water partition coefficient (Wildman–Crippen LogP) is 2.98. The minimum Gasteiger partial charge on any atom is -0.375 e. The summed E-state index contributed by atoms with van der Waals surface area (Å²) in [5.41, 5.74) is 2.14. The molecule has 0 amide bonds. The van der Waals surface area contributed by atoms with E-state index in [0.717, 1.165) is 50.8 Å². The molecule has 1 aromatic carbocycles. The average molecular weight is 287 g/mol. The van der Waals surface area contributed by atoms with Gasteiger partial charge in [0.25, 0.3) is 0 Å². The van der Waals surface area contributed by atoms with Crippen LogP contribution in [-0.2, 0) is 11.2 Å². The molecule has 1 aromatic rings. The fourth-order valence-electron chi connectivity index (χ4n) is 3.63. The van der Waals surface area contributed by atoms with Gasteiger partial charge in [-0.15, -0.1) is 0 Å². The minimum absolute atomic E-state index is 0.0402. The lowest BCUT2D eigenvalue weighted by Crippen LogP contribution is -2.47. The van der Waals surface area contributed by atoms with Crippen molar-refractivity contribution in [2.75, 3.05) is 20.2 Å². The summed E-state index contributed by atoms with van der Waals surface area (Å²) in [6.07, 6.45) is 6.23. The van der Waals surface area contributed by atoms with Gasteiger partial charge in [-0.05, 0) is 57.7 Å². The van der Waals surface area contributed by atoms with Crippen LogP contribution in [0.3, 0.4) is 0 Å². The first kappa shape index (κ1) is 14.7. The fourth-order valence-corrected chi connectivity index (χ4v) is 3.63. The summed E-state index contributed by atoms with van der Waals surface area (Å²) >= 11 is 0. The number of hydrogen-bond acceptors (Lipinski definition) is 3. The van der Waals surface area contributed by atoms with Crippen LogP contribution < -0.4 is 5.32 Å². The molecule has 0 radical (unpaired) electrons. The van der Waals surface area contributed by atoms with E-state index in [-0.39, 0.29) is 11.5 Å². The number of likely N-dealkylation sites (N-methyl/N-ethyl adjacent to an activating group) is 1. The first-order chi connectivity index (χ1) is 10.2. The SMILES string of the molecule is CNCCc1ccccc1C(=O)C1CCOC2(CCC2)C1. The molecular weight excluding hydrogens is 262 g/mol. The normalized spacial score (nSPS) is 23.8. The summed E-state index contributed by atoms with van der Waals surface area (Å²) in [4.78, 5) is 12.9. The third kappa shape index (κ3) is 3.04. The van der Waals surface area contributed by atoms with Crippen LogP contribution in [0.15, 0.2) is 24.3 Å². The molecule has 1 aliphatic carbocycles. The first-order valence-electron chi connectivity index (χ1n) is 8.15. The number of benzene rings is 1. The summed E-state index contributed by atoms with van der Waals surface area (Å²) in [5.74, 6) is 0.478. The van der Waals surface area contributed by atoms with Crippen LogP contribution in [0.4, 0.5) is 0 Å². The van der Waals surface area contributed by atoms with Crippen LogP contribution >= 0.6 is 0 Å². The Morgan fingerprint density at radius 3 is 2.90 bits per heavy atom. The van der Waals surface area contributed by atoms with Crippen molar-refractivity contribution in [3.05, 3.63) is 35.4 Å². The lowest BCUT2D eigenvalue weighted by atomic mass is 9.70. The number of Topliss-reactive ketones (excluding diaryl/α,β-unsaturated/α-hetero) is 1. The maximum atomic E-state index is 12.9. The highest BCUT2D eigenvalue weighted by molar-refractivity contribution is 5.99. The molecule has 1 saturated carbocycles. The van der Waals surface area contributed by atoms with E-state index < -0.39 is 0 Å². The van der Waals surface area contributed by atoms with Gasteiger partial charge in [-0.1, -0.05) is 24.3 Å². The summed E-state index contributed by atoms with van der Waals surface area (Å²) in [6.45, 7) is 1.65. The Hall–Kier alpha value is -1.19. The third-order valence-corrected chi connectivity index (χ3v) is 5.06. The van der Waals surface area contributed by atoms with Crippen LogP contribution in [0, 0.1) is 5.92 Å². The number of nitrogens with one attached hydrogen (secondary N) is 1. The Morgan fingerprint density at radius 1 is 1.38 bits per heavy atom. The summed E-state index contributed by atoms with van der Waals surface area (Å²) < 4.78 is 5.95. The number of carbonyl (C=O) groups is 1. The average Bonchev–Trinajstić information content (AvgIpc) is 2.51. The number of ketones is 1. The molecule has 1 unspecified atom stereocenters. The van der Waals surface area contributed by atoms with Crippen LogP contribution in [0.5, 0.6) is 0 Å². The maximum Gasteiger partial charge on any atom is 0.166 e. The maximum absolute atomic E-state index is 12.9. The Labute approximate surface area is 127 Å². The second-order valence-electron chi connectivity index (χ2n) is 6.45. The molecule has 1 saturated heterocycles. The molecule has 114 valence electrons. The van der Waals surface area contributed by atoms with Crippen molar-refractivity contribution in [3.63, 3.8) is 0 Å². The minimum atomic E-state index is 0.0402. The smallest absolute Gasteiger partial charge is 0.166 e. The van der Waals surface area contributed by atoms with Gasteiger partial charge in [-0.3, -0.25) is 4.79 Å². The third-order valence-electron chi connectivity index (χ3n) is 5.06. The van der Waals surface area contributed by atoms with Crippen molar-refractivity contribution < 1.29 is 9.53 Å². The highest BCUT2D eigenvalue weighted by Crippen LogP contribution is 2.45. The molecule has 1 aliphatic heterocycles. The van der Waals surface area contributed by atoms with Gasteiger partial charge in [0.2, 0.25) is 0 Å². The Morgan fingerprint density at radius 2 is 2.19 bits per heavy atom. The molecule has 3 rings (SSSR count). The number of hydrogen-bond donors (Lipinski definition) is 1. The topological polar surface area (TPSA) is 38.3 Å². The second kappa shape index (κ2) is 6.29. The molecule has 21 heavy (non-hydrogen) atoms. The summed E-state index contributed by atoms with van der Waals surface area (Å²) in [7, 11) is 1.95. The van der Waals surface area contributed by atoms with Crippen molar-refractivity contribution in [2.24, 2.45) is 5.92 Å². The van der Waals surface area contributed by atoms with Crippen molar-refractivity contribution >= 4 is 5.78 Å². The molecule has 1 atom stereocenters. The first-order valence-corrected chi connectivity index (χ1v) is 8.15. The van der Waals surface area contributed by atoms with Gasteiger partial charge in [-0.2, -0.15) is 0 Å². The molecular formula is C18H25NO2. The van der Waals surface area contributed by atoms with Gasteiger partial charge >= 0.3 is 0 Å². The summed E-state index contributed by atoms with van der Waals surface area (Å²) in [5, 5.41) is 3.16. The van der Waals surface area contributed by atoms with Crippen LogP contribution in [0.25, 0.3) is 0 Å². The van der Waals surface area contributed by atoms with E-state index in [1.54, 1.807) is 0 Å². The van der Waals surface area contributed by atoms with E-state index in [1.807, 2.05) is 25.2 Å². The highest BCUT2D eigenvalue weighted by Gasteiger charge is 2.44. The van der Waals surface area contributed by atoms with Crippen LogP contribution in [-0.4, -0.2) is 31.6 Å². The number of rotatable bonds is 5. The standard InChI is InChI=1S/C18H25NO2/c1-19-11-7-14-5-2-3-6-16(14)17(20)15-8-12-21-18(13-15)9-4-10-18/h2-3,5-6,15,19H,4,7-13H2,1H3. The van der Waals surface area contributed by atoms with E-state index in [4.69, 9.17) is 4.74 Å². The summed E-state index contributed by atoms with van der Waals surface area (Å²) in [6, 6.07) is 8.09. The molecule has 2 fully saturated rings. The molecule has 0 aromatic heterocycles. The monoisotopic (exact) mass is 287 g/mol. The molecule has 2 aliphatic rings. The second-order valence-corrected chi connectivity index (χ2v) is 6.45. The molecule has 1 N–H and O–H groups in total. The van der Waals surface area contributed by atoms with Gasteiger partial charge in [0.1, 0.15) is 0 Å². The Kier molecular flexibility index (Phi) is 4.41. The molecule has 3 nitrogen and oxygen atoms in total. The lowest BCUT2D eigenvalue weighted by molar-refractivity contribution is -0.137. The van der Waals surface area contributed by atoms with Gasteiger partial charge in [-0.25, -0.2) is 0 Å². The van der Waals surface area contributed by atoms with E-state index in [1.165, 1.54) is 12.0 Å². The van der Waals surface area contributed by atoms with E-state index in [0.29, 0.717) is 5.78 Å². The van der Waals surface area contributed by atoms with Crippen LogP contribution in [0.2, 0.25) is 0 Å². The lowest BCUT2D eigenvalue weighted by Gasteiger charge is -2.46. The number of carbonyl (C=O) groups excluding carboxylic acids is 1. The molecule has 0 bridgehead atoms. The quantitative estimate of drug-likeness (QED) is 0.846. The van der Waals surface area contributed by atoms with Crippen molar-refractivity contribution in [2.45, 2.75) is 44.1 Å². The molecule has 3 heteroatoms. The Balaban J connectivity index is 1.75. The zero-order valence-electron chi connectivity index (χ0n) is 12.9. The predicted molar refractivity (Wildman–Crippen MR) is 83.7 cm³/mol. The Bertz CT molecular complexity index is 508. The van der Waals surface area contributed by atoms with Gasteiger partial charge in [0.05, 0.1) is 5.60 Å². The van der Waals surface area contributed by atoms with Crippen molar-refractivity contribution in [3.8, 4) is 0 Å². The van der Waals surface area contributed by atoms with Gasteiger partial charge in [0.15, 0.2) is 5.78 Å². The number of ether oxygens (including phenoxy) is 1. The molecule has 1 heterocycles. The fraction of sp³-hybridized carbons (Fsp3) is 0.611. The van der Waals surface area contributed by atoms with Crippen LogP contribution in [0.1, 0.15) is 48.0 Å². The zero-order valence-corrected chi connectivity index (χ0v) is 12.9. The zero-order chi connectivity index (χ0) is 14.7. The van der Waals surface area contributed by atoms with Crippen molar-refractivity contribution in [1.29, 1.82) is 0 Å².